The number of hydrogen-bond donors (Lipinski definition) is 2. The number of rotatable bonds is 8. The van der Waals surface area contributed by atoms with Crippen LogP contribution >= 0.6 is 11.3 Å². The highest BCUT2D eigenvalue weighted by Gasteiger charge is 2.23. The number of anilines is 2. The summed E-state index contributed by atoms with van der Waals surface area (Å²) < 4.78 is 70.3. The van der Waals surface area contributed by atoms with Gasteiger partial charge in [-0.05, 0) is 37.2 Å². The second-order valence-electron chi connectivity index (χ2n) is 7.10. The average Bonchev–Trinajstić information content (AvgIpc) is 3.18. The van der Waals surface area contributed by atoms with E-state index in [9.17, 15) is 21.6 Å². The van der Waals surface area contributed by atoms with Crippen LogP contribution < -0.4 is 10.0 Å². The lowest BCUT2D eigenvalue weighted by Crippen LogP contribution is -2.36. The number of benzene rings is 2. The van der Waals surface area contributed by atoms with Gasteiger partial charge in [0.2, 0.25) is 0 Å². The van der Waals surface area contributed by atoms with Crippen LogP contribution in [-0.4, -0.2) is 31.4 Å². The zero-order chi connectivity index (χ0) is 22.0. The molecule has 2 heterocycles. The molecule has 0 radical (unpaired) electrons. The van der Waals surface area contributed by atoms with Crippen molar-refractivity contribution in [3.63, 3.8) is 0 Å². The largest absolute Gasteiger partial charge is 0.378 e. The van der Waals surface area contributed by atoms with E-state index >= 15 is 0 Å². The van der Waals surface area contributed by atoms with Crippen molar-refractivity contribution in [2.24, 2.45) is 0 Å². The fourth-order valence-corrected chi connectivity index (χ4v) is 4.87. The minimum atomic E-state index is -4.36. The zero-order valence-electron chi connectivity index (χ0n) is 16.2. The molecule has 3 aromatic rings. The molecule has 4 rings (SSSR count). The van der Waals surface area contributed by atoms with Crippen LogP contribution in [0.3, 0.4) is 0 Å². The summed E-state index contributed by atoms with van der Waals surface area (Å²) in [5, 5.41) is 4.11. The Kier molecular flexibility index (Phi) is 6.17. The molecule has 1 aromatic heterocycles. The summed E-state index contributed by atoms with van der Waals surface area (Å²) in [6, 6.07) is 6.07. The number of thiazole rings is 1. The first-order valence-electron chi connectivity index (χ1n) is 9.46. The first-order valence-corrected chi connectivity index (χ1v) is 11.9. The molecule has 2 N–H and O–H groups in total. The van der Waals surface area contributed by atoms with E-state index in [0.717, 1.165) is 42.5 Å². The van der Waals surface area contributed by atoms with Crippen molar-refractivity contribution < 1.29 is 21.6 Å². The smallest absolute Gasteiger partial charge is 0.266 e. The lowest BCUT2D eigenvalue weighted by molar-refractivity contribution is 0.172. The molecule has 0 atom stereocenters. The van der Waals surface area contributed by atoms with Crippen molar-refractivity contribution in [2.75, 3.05) is 23.1 Å². The molecule has 0 spiro atoms. The molecule has 31 heavy (non-hydrogen) atoms. The van der Waals surface area contributed by atoms with E-state index in [1.807, 2.05) is 0 Å². The fraction of sp³-hybridized carbons (Fsp3) is 0.250. The van der Waals surface area contributed by atoms with Crippen LogP contribution in [0.4, 0.5) is 24.7 Å². The van der Waals surface area contributed by atoms with Gasteiger partial charge in [-0.3, -0.25) is 9.62 Å². The normalized spacial score (nSPS) is 14.3. The van der Waals surface area contributed by atoms with Crippen molar-refractivity contribution in [3.05, 3.63) is 69.8 Å². The van der Waals surface area contributed by atoms with Crippen LogP contribution in [0.15, 0.2) is 46.1 Å². The predicted octanol–water partition coefficient (Wildman–Crippen LogP) is 4.18. The molecule has 0 bridgehead atoms. The van der Waals surface area contributed by atoms with Gasteiger partial charge in [-0.15, -0.1) is 11.3 Å². The molecule has 0 unspecified atom stereocenters. The Balaban J connectivity index is 1.53. The number of halogens is 3. The highest BCUT2D eigenvalue weighted by atomic mass is 32.2. The molecule has 2 aromatic carbocycles. The number of hydrogen-bond acceptors (Lipinski definition) is 6. The van der Waals surface area contributed by atoms with Gasteiger partial charge in [-0.1, -0.05) is 12.1 Å². The lowest BCUT2D eigenvalue weighted by atomic mass is 10.0. The number of nitrogens with one attached hydrogen (secondary N) is 2. The monoisotopic (exact) mass is 468 g/mol. The summed E-state index contributed by atoms with van der Waals surface area (Å²) in [7, 11) is -4.36. The Morgan fingerprint density at radius 1 is 1.10 bits per heavy atom. The van der Waals surface area contributed by atoms with Gasteiger partial charge >= 0.3 is 0 Å². The molecular formula is C20H19F3N4O2S2. The first kappa shape index (κ1) is 21.6. The third-order valence-corrected chi connectivity index (χ3v) is 6.95. The SMILES string of the molecule is O=S(=O)(Nc1cscn1)c1cc(F)c(NCc2c(F)cccc2CN2CCC2)cc1F. The Labute approximate surface area is 181 Å². The Morgan fingerprint density at radius 3 is 2.58 bits per heavy atom. The summed E-state index contributed by atoms with van der Waals surface area (Å²) in [4.78, 5) is 5.09. The van der Waals surface area contributed by atoms with Gasteiger partial charge in [0, 0.05) is 30.1 Å². The molecule has 1 fully saturated rings. The summed E-state index contributed by atoms with van der Waals surface area (Å²) in [5.74, 6) is -2.54. The topological polar surface area (TPSA) is 74.3 Å². The number of nitrogens with zero attached hydrogens (tertiary/aromatic N) is 2. The summed E-state index contributed by atoms with van der Waals surface area (Å²) in [6.07, 6.45) is 1.10. The third kappa shape index (κ3) is 4.83. The quantitative estimate of drug-likeness (QED) is 0.519. The molecule has 1 aliphatic rings. The highest BCUT2D eigenvalue weighted by molar-refractivity contribution is 7.92. The number of sulfonamides is 1. The molecule has 1 aliphatic heterocycles. The summed E-state index contributed by atoms with van der Waals surface area (Å²) >= 11 is 1.15. The maximum absolute atomic E-state index is 14.6. The molecule has 6 nitrogen and oxygen atoms in total. The molecule has 1 saturated heterocycles. The van der Waals surface area contributed by atoms with Gasteiger partial charge in [-0.2, -0.15) is 0 Å². The Bertz CT molecular complexity index is 1180. The molecule has 0 aliphatic carbocycles. The van der Waals surface area contributed by atoms with Crippen LogP contribution in [0.1, 0.15) is 17.5 Å². The third-order valence-electron chi connectivity index (χ3n) is 5.00. The summed E-state index contributed by atoms with van der Waals surface area (Å²) in [5.41, 5.74) is 2.26. The van der Waals surface area contributed by atoms with Gasteiger partial charge in [0.15, 0.2) is 5.82 Å². The second kappa shape index (κ2) is 8.85. The predicted molar refractivity (Wildman–Crippen MR) is 113 cm³/mol. The van der Waals surface area contributed by atoms with Crippen molar-refractivity contribution in [2.45, 2.75) is 24.4 Å². The first-order chi connectivity index (χ1) is 14.8. The summed E-state index contributed by atoms with van der Waals surface area (Å²) in [6.45, 7) is 2.38. The number of aromatic nitrogens is 1. The van der Waals surface area contributed by atoms with E-state index in [0.29, 0.717) is 18.2 Å². The minimum Gasteiger partial charge on any atom is -0.378 e. The van der Waals surface area contributed by atoms with E-state index in [1.165, 1.54) is 17.0 Å². The van der Waals surface area contributed by atoms with Crippen LogP contribution in [0.2, 0.25) is 0 Å². The van der Waals surface area contributed by atoms with Crippen LogP contribution in [0.25, 0.3) is 0 Å². The molecule has 11 heteroatoms. The molecule has 0 saturated carbocycles. The fourth-order valence-electron chi connectivity index (χ4n) is 3.24. The van der Waals surface area contributed by atoms with Gasteiger partial charge in [0.1, 0.15) is 22.3 Å². The van der Waals surface area contributed by atoms with Crippen molar-refractivity contribution in [1.29, 1.82) is 0 Å². The van der Waals surface area contributed by atoms with Crippen molar-refractivity contribution >= 4 is 32.9 Å². The van der Waals surface area contributed by atoms with Crippen LogP contribution in [0, 0.1) is 17.5 Å². The van der Waals surface area contributed by atoms with Gasteiger partial charge in [-0.25, -0.2) is 26.6 Å². The van der Waals surface area contributed by atoms with Gasteiger partial charge < -0.3 is 5.32 Å². The van der Waals surface area contributed by atoms with E-state index in [2.05, 4.69) is 19.9 Å². The Hall–Kier alpha value is -2.63. The lowest BCUT2D eigenvalue weighted by Gasteiger charge is -2.31. The zero-order valence-corrected chi connectivity index (χ0v) is 17.9. The van der Waals surface area contributed by atoms with Crippen molar-refractivity contribution in [3.8, 4) is 0 Å². The molecule has 164 valence electrons. The maximum Gasteiger partial charge on any atom is 0.266 e. The van der Waals surface area contributed by atoms with E-state index in [4.69, 9.17) is 0 Å². The average molecular weight is 469 g/mol. The maximum atomic E-state index is 14.6. The van der Waals surface area contributed by atoms with E-state index < -0.39 is 32.4 Å². The van der Waals surface area contributed by atoms with Crippen LogP contribution in [-0.2, 0) is 23.1 Å². The number of likely N-dealkylation sites (tertiary alicyclic amines) is 1. The molecule has 0 amide bonds. The minimum absolute atomic E-state index is 0.0151. The van der Waals surface area contributed by atoms with Crippen molar-refractivity contribution in [1.82, 2.24) is 9.88 Å². The van der Waals surface area contributed by atoms with E-state index in [1.54, 1.807) is 12.1 Å². The van der Waals surface area contributed by atoms with Gasteiger partial charge in [0.05, 0.1) is 11.2 Å². The van der Waals surface area contributed by atoms with Crippen LogP contribution in [0.5, 0.6) is 0 Å². The van der Waals surface area contributed by atoms with E-state index in [-0.39, 0.29) is 18.1 Å². The highest BCUT2D eigenvalue weighted by Crippen LogP contribution is 2.26. The second-order valence-corrected chi connectivity index (χ2v) is 9.47. The standard InChI is InChI=1S/C20H19F3N4O2S2/c21-15-4-1-3-13(10-27-5-2-6-27)14(15)9-24-18-7-17(23)19(8-16(18)22)31(28,29)26-20-11-30-12-25-20/h1,3-4,7-8,11-12,24,26H,2,5-6,9-10H2. The Morgan fingerprint density at radius 2 is 1.90 bits per heavy atom. The molecular weight excluding hydrogens is 449 g/mol. The van der Waals surface area contributed by atoms with Gasteiger partial charge in [0.25, 0.3) is 10.0 Å².